The molecule has 5 nitrogen and oxygen atoms in total. The maximum absolute atomic E-state index is 14.3. The number of primary amides is 1. The lowest BCUT2D eigenvalue weighted by Gasteiger charge is -2.22. The lowest BCUT2D eigenvalue weighted by Crippen LogP contribution is -2.35. The topological polar surface area (TPSA) is 85.1 Å². The zero-order chi connectivity index (χ0) is 22.0. The summed E-state index contributed by atoms with van der Waals surface area (Å²) >= 11 is 1.23. The summed E-state index contributed by atoms with van der Waals surface area (Å²) in [7, 11) is 0. The highest BCUT2D eigenvalue weighted by molar-refractivity contribution is 7.18. The first kappa shape index (κ1) is 21.3. The van der Waals surface area contributed by atoms with Gasteiger partial charge in [0.15, 0.2) is 5.78 Å². The van der Waals surface area contributed by atoms with Crippen LogP contribution < -0.4 is 11.1 Å². The molecule has 0 aliphatic carbocycles. The molecular weight excluding hydrogens is 420 g/mol. The number of carbonyl (C=O) groups is 2. The molecule has 2 aromatic carbocycles. The third-order valence-corrected chi connectivity index (χ3v) is 6.48. The minimum absolute atomic E-state index is 0.0970. The first-order valence-corrected chi connectivity index (χ1v) is 10.9. The number of hydrogen-bond acceptors (Lipinski definition) is 5. The van der Waals surface area contributed by atoms with Crippen molar-refractivity contribution < 1.29 is 18.4 Å². The van der Waals surface area contributed by atoms with Crippen LogP contribution in [0.3, 0.4) is 0 Å². The summed E-state index contributed by atoms with van der Waals surface area (Å²) in [6.45, 7) is 0.885. The predicted molar refractivity (Wildman–Crippen MR) is 116 cm³/mol. The van der Waals surface area contributed by atoms with Crippen molar-refractivity contribution in [3.05, 3.63) is 65.4 Å². The molecule has 1 unspecified atom stereocenters. The Bertz CT molecular complexity index is 1120. The van der Waals surface area contributed by atoms with Gasteiger partial charge in [-0.05, 0) is 49.2 Å². The Morgan fingerprint density at radius 1 is 1.10 bits per heavy atom. The molecule has 31 heavy (non-hydrogen) atoms. The zero-order valence-electron chi connectivity index (χ0n) is 16.7. The fourth-order valence-electron chi connectivity index (χ4n) is 3.70. The van der Waals surface area contributed by atoms with Crippen LogP contribution in [0.2, 0.25) is 0 Å². The molecule has 3 N–H and O–H groups in total. The Hall–Kier alpha value is -2.97. The van der Waals surface area contributed by atoms with E-state index in [9.17, 15) is 18.4 Å². The van der Waals surface area contributed by atoms with Gasteiger partial charge in [0, 0.05) is 18.0 Å². The monoisotopic (exact) mass is 441 g/mol. The number of Topliss-reactive ketones (excluding diaryl/α,β-unsaturated/α-hetero) is 1. The van der Waals surface area contributed by atoms with Crippen molar-refractivity contribution in [2.24, 2.45) is 5.73 Å². The number of nitrogens with two attached hydrogens (primary N) is 1. The molecule has 0 radical (unpaired) electrons. The highest BCUT2D eigenvalue weighted by Crippen LogP contribution is 2.37. The van der Waals surface area contributed by atoms with Crippen LogP contribution in [0.5, 0.6) is 0 Å². The van der Waals surface area contributed by atoms with Crippen molar-refractivity contribution >= 4 is 23.0 Å². The number of aromatic nitrogens is 1. The lowest BCUT2D eigenvalue weighted by atomic mass is 9.98. The summed E-state index contributed by atoms with van der Waals surface area (Å²) in [5.41, 5.74) is 6.36. The number of rotatable bonds is 6. The SMILES string of the molecule is NC(=O)c1ccc(-c2nc(C(=O)CC3CCCCN3)c(-c3ccc(F)cc3)s2)cc1F. The van der Waals surface area contributed by atoms with Crippen LogP contribution in [0, 0.1) is 11.6 Å². The molecule has 1 aliphatic rings. The molecule has 0 spiro atoms. The summed E-state index contributed by atoms with van der Waals surface area (Å²) in [6.07, 6.45) is 3.41. The third-order valence-electron chi connectivity index (χ3n) is 5.32. The first-order valence-electron chi connectivity index (χ1n) is 10.1. The number of hydrogen-bond donors (Lipinski definition) is 2. The van der Waals surface area contributed by atoms with Gasteiger partial charge >= 0.3 is 0 Å². The van der Waals surface area contributed by atoms with Gasteiger partial charge in [0.2, 0.25) is 0 Å². The molecule has 160 valence electrons. The second-order valence-corrected chi connectivity index (χ2v) is 8.54. The minimum Gasteiger partial charge on any atom is -0.366 e. The van der Waals surface area contributed by atoms with Crippen LogP contribution in [-0.4, -0.2) is 29.3 Å². The van der Waals surface area contributed by atoms with E-state index in [-0.39, 0.29) is 23.2 Å². The van der Waals surface area contributed by atoms with Crippen molar-refractivity contribution in [2.75, 3.05) is 6.54 Å². The fourth-order valence-corrected chi connectivity index (χ4v) is 4.78. The van der Waals surface area contributed by atoms with Crippen LogP contribution in [0.1, 0.15) is 46.5 Å². The molecule has 1 atom stereocenters. The van der Waals surface area contributed by atoms with Gasteiger partial charge in [-0.3, -0.25) is 9.59 Å². The summed E-state index contributed by atoms with van der Waals surface area (Å²) in [5.74, 6) is -2.10. The van der Waals surface area contributed by atoms with Gasteiger partial charge in [0.1, 0.15) is 22.3 Å². The largest absolute Gasteiger partial charge is 0.366 e. The fraction of sp³-hybridized carbons (Fsp3) is 0.261. The van der Waals surface area contributed by atoms with E-state index < -0.39 is 11.7 Å². The summed E-state index contributed by atoms with van der Waals surface area (Å²) in [5, 5.41) is 3.80. The van der Waals surface area contributed by atoms with E-state index in [1.807, 2.05) is 0 Å². The molecule has 2 heterocycles. The Morgan fingerprint density at radius 3 is 2.48 bits per heavy atom. The molecule has 0 saturated carbocycles. The quantitative estimate of drug-likeness (QED) is 0.549. The molecule has 8 heteroatoms. The smallest absolute Gasteiger partial charge is 0.251 e. The van der Waals surface area contributed by atoms with Crippen molar-refractivity contribution in [3.63, 3.8) is 0 Å². The normalized spacial score (nSPS) is 16.3. The molecule has 0 bridgehead atoms. The van der Waals surface area contributed by atoms with Gasteiger partial charge in [0.25, 0.3) is 5.91 Å². The molecule has 1 aromatic heterocycles. The molecule has 1 saturated heterocycles. The maximum Gasteiger partial charge on any atom is 0.251 e. The number of nitrogens with one attached hydrogen (secondary N) is 1. The number of nitrogens with zero attached hydrogens (tertiary/aromatic N) is 1. The van der Waals surface area contributed by atoms with E-state index in [4.69, 9.17) is 5.73 Å². The van der Waals surface area contributed by atoms with Crippen molar-refractivity contribution in [1.82, 2.24) is 10.3 Å². The van der Waals surface area contributed by atoms with Crippen LogP contribution in [0.25, 0.3) is 21.0 Å². The molecule has 3 aromatic rings. The second kappa shape index (κ2) is 9.03. The van der Waals surface area contributed by atoms with Gasteiger partial charge in [-0.15, -0.1) is 11.3 Å². The molecular formula is C23H21F2N3O2S. The second-order valence-electron chi connectivity index (χ2n) is 7.54. The number of carbonyl (C=O) groups excluding carboxylic acids is 2. The van der Waals surface area contributed by atoms with E-state index in [1.54, 1.807) is 18.2 Å². The number of ketones is 1. The van der Waals surface area contributed by atoms with Crippen LogP contribution >= 0.6 is 11.3 Å². The van der Waals surface area contributed by atoms with Crippen LogP contribution in [0.15, 0.2) is 42.5 Å². The summed E-state index contributed by atoms with van der Waals surface area (Å²) in [6, 6.07) is 9.98. The highest BCUT2D eigenvalue weighted by Gasteiger charge is 2.24. The predicted octanol–water partition coefficient (Wildman–Crippen LogP) is 4.57. The Morgan fingerprint density at radius 2 is 1.84 bits per heavy atom. The van der Waals surface area contributed by atoms with E-state index in [2.05, 4.69) is 10.3 Å². The van der Waals surface area contributed by atoms with Gasteiger partial charge in [-0.1, -0.05) is 24.6 Å². The number of amides is 1. The van der Waals surface area contributed by atoms with Crippen molar-refractivity contribution in [1.29, 1.82) is 0 Å². The van der Waals surface area contributed by atoms with Crippen molar-refractivity contribution in [3.8, 4) is 21.0 Å². The van der Waals surface area contributed by atoms with Gasteiger partial charge in [-0.2, -0.15) is 0 Å². The van der Waals surface area contributed by atoms with E-state index in [0.717, 1.165) is 25.8 Å². The van der Waals surface area contributed by atoms with Gasteiger partial charge in [-0.25, -0.2) is 13.8 Å². The first-order chi connectivity index (χ1) is 14.9. The Kier molecular flexibility index (Phi) is 6.20. The molecule has 1 aliphatic heterocycles. The number of piperidine rings is 1. The number of benzene rings is 2. The van der Waals surface area contributed by atoms with E-state index in [0.29, 0.717) is 33.1 Å². The Labute approximate surface area is 182 Å². The number of thiazole rings is 1. The van der Waals surface area contributed by atoms with Gasteiger partial charge in [0.05, 0.1) is 10.4 Å². The molecule has 1 amide bonds. The maximum atomic E-state index is 14.3. The van der Waals surface area contributed by atoms with E-state index in [1.165, 1.54) is 35.6 Å². The third kappa shape index (κ3) is 4.70. The van der Waals surface area contributed by atoms with E-state index >= 15 is 0 Å². The number of halogens is 2. The minimum atomic E-state index is -0.856. The van der Waals surface area contributed by atoms with Crippen molar-refractivity contribution in [2.45, 2.75) is 31.7 Å². The van der Waals surface area contributed by atoms with Crippen LogP contribution in [0.4, 0.5) is 8.78 Å². The van der Waals surface area contributed by atoms with Gasteiger partial charge < -0.3 is 11.1 Å². The average molecular weight is 442 g/mol. The average Bonchev–Trinajstić information content (AvgIpc) is 3.20. The zero-order valence-corrected chi connectivity index (χ0v) is 17.5. The summed E-state index contributed by atoms with van der Waals surface area (Å²) in [4.78, 5) is 29.6. The van der Waals surface area contributed by atoms with Crippen LogP contribution in [-0.2, 0) is 0 Å². The highest BCUT2D eigenvalue weighted by atomic mass is 32.1. The molecule has 4 rings (SSSR count). The molecule has 1 fully saturated rings. The standard InChI is InChI=1S/C23H21F2N3O2S/c24-15-7-4-13(5-8-15)21-20(19(29)12-16-3-1-2-10-27-16)28-23(31-21)14-6-9-17(22(26)30)18(25)11-14/h4-9,11,16,27H,1-3,10,12H2,(H2,26,30). The Balaban J connectivity index is 1.73. The summed E-state index contributed by atoms with van der Waals surface area (Å²) < 4.78 is 27.7. The lowest BCUT2D eigenvalue weighted by molar-refractivity contribution is 0.0958.